The van der Waals surface area contributed by atoms with Crippen molar-refractivity contribution in [1.82, 2.24) is 4.90 Å². The third-order valence-corrected chi connectivity index (χ3v) is 3.71. The molecule has 1 heterocycles. The van der Waals surface area contributed by atoms with Crippen LogP contribution in [0.5, 0.6) is 0 Å². The Morgan fingerprint density at radius 2 is 2.23 bits per heavy atom. The van der Waals surface area contributed by atoms with Crippen molar-refractivity contribution >= 4 is 12.0 Å². The number of ether oxygens (including phenoxy) is 2. The second-order valence-electron chi connectivity index (χ2n) is 5.22. The van der Waals surface area contributed by atoms with E-state index >= 15 is 0 Å². The summed E-state index contributed by atoms with van der Waals surface area (Å²) < 4.78 is 10.3. The molecule has 1 aliphatic rings. The van der Waals surface area contributed by atoms with E-state index in [0.717, 1.165) is 5.56 Å². The molecule has 1 aliphatic heterocycles. The van der Waals surface area contributed by atoms with Gasteiger partial charge >= 0.3 is 6.09 Å². The van der Waals surface area contributed by atoms with Gasteiger partial charge in [0.15, 0.2) is 0 Å². The van der Waals surface area contributed by atoms with Gasteiger partial charge < -0.3 is 9.47 Å². The van der Waals surface area contributed by atoms with Crippen molar-refractivity contribution < 1.29 is 19.1 Å². The first kappa shape index (κ1) is 16.2. The minimum Gasteiger partial charge on any atom is -0.447 e. The first-order valence-corrected chi connectivity index (χ1v) is 7.34. The highest BCUT2D eigenvalue weighted by Crippen LogP contribution is 2.20. The van der Waals surface area contributed by atoms with Crippen molar-refractivity contribution in [3.63, 3.8) is 0 Å². The van der Waals surface area contributed by atoms with Gasteiger partial charge in [-0.05, 0) is 24.8 Å². The van der Waals surface area contributed by atoms with Crippen LogP contribution in [0.25, 0.3) is 0 Å². The van der Waals surface area contributed by atoms with Crippen LogP contribution in [0.2, 0.25) is 0 Å². The number of allylic oxidation sites excluding steroid dienone is 1. The molecule has 0 N–H and O–H groups in total. The van der Waals surface area contributed by atoms with E-state index in [-0.39, 0.29) is 18.6 Å². The van der Waals surface area contributed by atoms with Crippen LogP contribution < -0.4 is 0 Å². The summed E-state index contributed by atoms with van der Waals surface area (Å²) in [6, 6.07) is 9.44. The molecule has 22 heavy (non-hydrogen) atoms. The van der Waals surface area contributed by atoms with Crippen LogP contribution in [0.15, 0.2) is 43.0 Å². The maximum atomic E-state index is 12.6. The summed E-state index contributed by atoms with van der Waals surface area (Å²) in [5, 5.41) is 0. The van der Waals surface area contributed by atoms with Crippen molar-refractivity contribution in [3.8, 4) is 0 Å². The molecule has 5 heteroatoms. The highest BCUT2D eigenvalue weighted by molar-refractivity contribution is 5.96. The van der Waals surface area contributed by atoms with Gasteiger partial charge in [-0.15, -0.1) is 6.58 Å². The van der Waals surface area contributed by atoms with Crippen LogP contribution >= 0.6 is 0 Å². The van der Waals surface area contributed by atoms with E-state index in [9.17, 15) is 9.59 Å². The second kappa shape index (κ2) is 7.75. The summed E-state index contributed by atoms with van der Waals surface area (Å²) in [4.78, 5) is 25.7. The lowest BCUT2D eigenvalue weighted by molar-refractivity contribution is -0.140. The molecule has 2 amide bonds. The maximum absolute atomic E-state index is 12.6. The molecule has 1 aromatic rings. The van der Waals surface area contributed by atoms with Gasteiger partial charge in [-0.25, -0.2) is 9.69 Å². The van der Waals surface area contributed by atoms with E-state index in [1.54, 1.807) is 6.08 Å². The lowest BCUT2D eigenvalue weighted by atomic mass is 10.0. The molecule has 1 fully saturated rings. The first-order valence-electron chi connectivity index (χ1n) is 7.34. The fraction of sp³-hybridized carbons (Fsp3) is 0.412. The molecular formula is C17H21NO4. The number of hydrogen-bond acceptors (Lipinski definition) is 4. The summed E-state index contributed by atoms with van der Waals surface area (Å²) >= 11 is 0. The normalized spacial score (nSPS) is 18.9. The zero-order valence-electron chi connectivity index (χ0n) is 12.7. The van der Waals surface area contributed by atoms with Crippen LogP contribution in [0.4, 0.5) is 4.79 Å². The molecule has 118 valence electrons. The molecule has 0 spiro atoms. The van der Waals surface area contributed by atoms with Gasteiger partial charge in [0.2, 0.25) is 0 Å². The molecule has 0 saturated carbocycles. The number of carbonyl (C=O) groups is 2. The number of carbonyl (C=O) groups excluding carboxylic acids is 2. The Bertz CT molecular complexity index is 529. The molecule has 1 aromatic carbocycles. The van der Waals surface area contributed by atoms with Crippen LogP contribution in [0, 0.1) is 0 Å². The van der Waals surface area contributed by atoms with Gasteiger partial charge in [0.05, 0.1) is 6.04 Å². The van der Waals surface area contributed by atoms with E-state index < -0.39 is 12.2 Å². The predicted molar refractivity (Wildman–Crippen MR) is 82.4 cm³/mol. The molecule has 2 rings (SSSR count). The molecular weight excluding hydrogens is 282 g/mol. The van der Waals surface area contributed by atoms with Crippen molar-refractivity contribution in [2.75, 3.05) is 13.7 Å². The zero-order valence-corrected chi connectivity index (χ0v) is 12.7. The van der Waals surface area contributed by atoms with Gasteiger partial charge in [-0.3, -0.25) is 4.79 Å². The van der Waals surface area contributed by atoms with Crippen LogP contribution in [-0.4, -0.2) is 42.8 Å². The fourth-order valence-corrected chi connectivity index (χ4v) is 2.53. The molecule has 5 nitrogen and oxygen atoms in total. The van der Waals surface area contributed by atoms with Crippen molar-refractivity contribution in [2.45, 2.75) is 31.4 Å². The van der Waals surface area contributed by atoms with Crippen LogP contribution in [0.1, 0.15) is 18.4 Å². The number of nitrogens with zero attached hydrogens (tertiary/aromatic N) is 1. The summed E-state index contributed by atoms with van der Waals surface area (Å²) in [6.07, 6.45) is 2.21. The number of amides is 2. The molecule has 0 aromatic heterocycles. The molecule has 0 radical (unpaired) electrons. The topological polar surface area (TPSA) is 55.8 Å². The lowest BCUT2D eigenvalue weighted by Crippen LogP contribution is -2.46. The van der Waals surface area contributed by atoms with Gasteiger partial charge in [0.25, 0.3) is 5.91 Å². The summed E-state index contributed by atoms with van der Waals surface area (Å²) in [6.45, 7) is 3.86. The Labute approximate surface area is 130 Å². The third-order valence-electron chi connectivity index (χ3n) is 3.71. The number of benzene rings is 1. The lowest BCUT2D eigenvalue weighted by Gasteiger charge is -2.24. The number of rotatable bonds is 7. The molecule has 2 unspecified atom stereocenters. The minimum absolute atomic E-state index is 0.220. The number of imide groups is 1. The Morgan fingerprint density at radius 3 is 2.86 bits per heavy atom. The minimum atomic E-state index is -0.651. The quantitative estimate of drug-likeness (QED) is 0.726. The number of cyclic esters (lactones) is 1. The molecule has 1 saturated heterocycles. The largest absolute Gasteiger partial charge is 0.447 e. The SMILES string of the molecule is C=CCCC(OC)C(=O)N1C(=O)OCC1Cc1ccccc1. The maximum Gasteiger partial charge on any atom is 0.417 e. The average Bonchev–Trinajstić information content (AvgIpc) is 2.89. The molecule has 2 atom stereocenters. The van der Waals surface area contributed by atoms with Crippen LogP contribution in [-0.2, 0) is 20.7 Å². The van der Waals surface area contributed by atoms with Crippen molar-refractivity contribution in [3.05, 3.63) is 48.6 Å². The molecule has 0 bridgehead atoms. The van der Waals surface area contributed by atoms with E-state index in [4.69, 9.17) is 9.47 Å². The highest BCUT2D eigenvalue weighted by atomic mass is 16.6. The van der Waals surface area contributed by atoms with E-state index in [1.165, 1.54) is 12.0 Å². The van der Waals surface area contributed by atoms with Gasteiger partial charge in [0, 0.05) is 7.11 Å². The van der Waals surface area contributed by atoms with Gasteiger partial charge in [-0.2, -0.15) is 0 Å². The van der Waals surface area contributed by atoms with E-state index in [2.05, 4.69) is 6.58 Å². The van der Waals surface area contributed by atoms with E-state index in [0.29, 0.717) is 19.3 Å². The Balaban J connectivity index is 2.09. The van der Waals surface area contributed by atoms with Crippen molar-refractivity contribution in [1.29, 1.82) is 0 Å². The predicted octanol–water partition coefficient (Wildman–Crippen LogP) is 2.56. The highest BCUT2D eigenvalue weighted by Gasteiger charge is 2.40. The number of methoxy groups -OCH3 is 1. The summed E-state index contributed by atoms with van der Waals surface area (Å²) in [5.74, 6) is -0.340. The van der Waals surface area contributed by atoms with Crippen molar-refractivity contribution in [2.24, 2.45) is 0 Å². The zero-order chi connectivity index (χ0) is 15.9. The first-order chi connectivity index (χ1) is 10.7. The van der Waals surface area contributed by atoms with Gasteiger partial charge in [-0.1, -0.05) is 36.4 Å². The van der Waals surface area contributed by atoms with Gasteiger partial charge in [0.1, 0.15) is 12.7 Å². The number of hydrogen-bond donors (Lipinski definition) is 0. The molecule has 0 aliphatic carbocycles. The van der Waals surface area contributed by atoms with E-state index in [1.807, 2.05) is 30.3 Å². The third kappa shape index (κ3) is 3.74. The summed E-state index contributed by atoms with van der Waals surface area (Å²) in [5.41, 5.74) is 1.06. The standard InChI is InChI=1S/C17H21NO4/c1-3-4-10-15(21-2)16(19)18-14(12-22-17(18)20)11-13-8-6-5-7-9-13/h3,5-9,14-15H,1,4,10-12H2,2H3. The monoisotopic (exact) mass is 303 g/mol. The Morgan fingerprint density at radius 1 is 1.50 bits per heavy atom. The fourth-order valence-electron chi connectivity index (χ4n) is 2.53. The van der Waals surface area contributed by atoms with Crippen LogP contribution in [0.3, 0.4) is 0 Å². The Hall–Kier alpha value is -2.14. The smallest absolute Gasteiger partial charge is 0.417 e. The Kier molecular flexibility index (Phi) is 5.72. The average molecular weight is 303 g/mol. The second-order valence-corrected chi connectivity index (χ2v) is 5.22. The summed E-state index contributed by atoms with van der Waals surface area (Å²) in [7, 11) is 1.47.